The van der Waals surface area contributed by atoms with Gasteiger partial charge in [-0.1, -0.05) is 6.92 Å². The minimum atomic E-state index is 0.574. The van der Waals surface area contributed by atoms with E-state index in [1.165, 1.54) is 50.9 Å². The Labute approximate surface area is 152 Å². The highest BCUT2D eigenvalue weighted by molar-refractivity contribution is 5.80. The van der Waals surface area contributed by atoms with Crippen LogP contribution in [0.3, 0.4) is 0 Å². The van der Waals surface area contributed by atoms with Crippen LogP contribution in [0.25, 0.3) is 0 Å². The average Bonchev–Trinajstić information content (AvgIpc) is 3.26. The summed E-state index contributed by atoms with van der Waals surface area (Å²) in [6.07, 6.45) is 9.22. The molecule has 0 spiro atoms. The Kier molecular flexibility index (Phi) is 6.34. The normalized spacial score (nSPS) is 23.4. The zero-order valence-corrected chi connectivity index (χ0v) is 16.1. The fourth-order valence-corrected chi connectivity index (χ4v) is 4.17. The first-order chi connectivity index (χ1) is 12.2. The first kappa shape index (κ1) is 18.2. The van der Waals surface area contributed by atoms with Gasteiger partial charge in [0.05, 0.1) is 6.20 Å². The van der Waals surface area contributed by atoms with Crippen LogP contribution in [0.1, 0.15) is 44.1 Å². The minimum Gasteiger partial charge on any atom is -0.356 e. The molecule has 0 bridgehead atoms. The largest absolute Gasteiger partial charge is 0.356 e. The standard InChI is InChI=1S/C19H34N6/c1-4-8-24-9-5-16(6-10-24)12-21-19(20-2)25-11-7-17(15-25)18-13-22-23(3)14-18/h13-14,16-17H,4-12,15H2,1-3H3,(H,20,21). The van der Waals surface area contributed by atoms with Crippen molar-refractivity contribution in [3.8, 4) is 0 Å². The maximum atomic E-state index is 4.53. The van der Waals surface area contributed by atoms with Crippen molar-refractivity contribution in [2.45, 2.75) is 38.5 Å². The third-order valence-corrected chi connectivity index (χ3v) is 5.69. The molecule has 1 aromatic heterocycles. The summed E-state index contributed by atoms with van der Waals surface area (Å²) in [5.74, 6) is 2.42. The third-order valence-electron chi connectivity index (χ3n) is 5.69. The van der Waals surface area contributed by atoms with Crippen molar-refractivity contribution in [2.75, 3.05) is 46.3 Å². The number of aromatic nitrogens is 2. The van der Waals surface area contributed by atoms with Gasteiger partial charge in [0.2, 0.25) is 0 Å². The van der Waals surface area contributed by atoms with E-state index in [2.05, 4.69) is 38.3 Å². The third kappa shape index (κ3) is 4.75. The summed E-state index contributed by atoms with van der Waals surface area (Å²) in [6.45, 7) is 9.21. The Morgan fingerprint density at radius 3 is 2.72 bits per heavy atom. The number of hydrogen-bond donors (Lipinski definition) is 1. The SMILES string of the molecule is CCCN1CCC(CNC(=NC)N2CCC(c3cnn(C)c3)C2)CC1. The molecule has 3 heterocycles. The lowest BCUT2D eigenvalue weighted by molar-refractivity contribution is 0.185. The van der Waals surface area contributed by atoms with Crippen molar-refractivity contribution in [3.63, 3.8) is 0 Å². The van der Waals surface area contributed by atoms with E-state index in [9.17, 15) is 0 Å². The van der Waals surface area contributed by atoms with Crippen LogP contribution >= 0.6 is 0 Å². The molecule has 1 atom stereocenters. The zero-order valence-electron chi connectivity index (χ0n) is 16.1. The van der Waals surface area contributed by atoms with Crippen molar-refractivity contribution in [1.29, 1.82) is 0 Å². The second kappa shape index (κ2) is 8.70. The van der Waals surface area contributed by atoms with Crippen LogP contribution < -0.4 is 5.32 Å². The summed E-state index contributed by atoms with van der Waals surface area (Å²) in [7, 11) is 3.89. The fraction of sp³-hybridized carbons (Fsp3) is 0.789. The van der Waals surface area contributed by atoms with E-state index in [4.69, 9.17) is 0 Å². The fourth-order valence-electron chi connectivity index (χ4n) is 4.17. The van der Waals surface area contributed by atoms with Gasteiger partial charge in [0.25, 0.3) is 0 Å². The lowest BCUT2D eigenvalue weighted by Crippen LogP contribution is -2.44. The first-order valence-corrected chi connectivity index (χ1v) is 9.86. The first-order valence-electron chi connectivity index (χ1n) is 9.86. The number of rotatable bonds is 5. The van der Waals surface area contributed by atoms with Crippen LogP contribution in [-0.4, -0.2) is 71.9 Å². The molecular weight excluding hydrogens is 312 g/mol. The highest BCUT2D eigenvalue weighted by Crippen LogP contribution is 2.26. The number of nitrogens with one attached hydrogen (secondary N) is 1. The molecule has 3 rings (SSSR count). The summed E-state index contributed by atoms with van der Waals surface area (Å²) >= 11 is 0. The molecule has 6 nitrogen and oxygen atoms in total. The van der Waals surface area contributed by atoms with Gasteiger partial charge in [-0.25, -0.2) is 0 Å². The Balaban J connectivity index is 1.44. The number of guanidine groups is 1. The maximum Gasteiger partial charge on any atom is 0.193 e. The number of likely N-dealkylation sites (tertiary alicyclic amines) is 2. The van der Waals surface area contributed by atoms with Crippen LogP contribution in [0, 0.1) is 5.92 Å². The Morgan fingerprint density at radius 1 is 1.28 bits per heavy atom. The van der Waals surface area contributed by atoms with E-state index in [1.807, 2.05) is 25.0 Å². The van der Waals surface area contributed by atoms with E-state index >= 15 is 0 Å². The van der Waals surface area contributed by atoms with Gasteiger partial charge in [0, 0.05) is 45.8 Å². The van der Waals surface area contributed by atoms with Gasteiger partial charge in [0.15, 0.2) is 5.96 Å². The highest BCUT2D eigenvalue weighted by Gasteiger charge is 2.27. The summed E-state index contributed by atoms with van der Waals surface area (Å²) in [5, 5.41) is 7.96. The number of piperidine rings is 1. The van der Waals surface area contributed by atoms with Crippen molar-refractivity contribution in [1.82, 2.24) is 24.9 Å². The molecule has 2 saturated heterocycles. The molecule has 0 saturated carbocycles. The van der Waals surface area contributed by atoms with E-state index in [1.54, 1.807) is 0 Å². The molecular formula is C19H34N6. The van der Waals surface area contributed by atoms with Gasteiger partial charge in [-0.05, 0) is 56.8 Å². The molecule has 2 aliphatic heterocycles. The van der Waals surface area contributed by atoms with Crippen molar-refractivity contribution < 1.29 is 0 Å². The van der Waals surface area contributed by atoms with Crippen molar-refractivity contribution in [2.24, 2.45) is 18.0 Å². The molecule has 1 N–H and O–H groups in total. The number of hydrogen-bond acceptors (Lipinski definition) is 3. The second-order valence-corrected chi connectivity index (χ2v) is 7.59. The number of aliphatic imine (C=N–C) groups is 1. The predicted octanol–water partition coefficient (Wildman–Crippen LogP) is 1.91. The summed E-state index contributed by atoms with van der Waals surface area (Å²) in [6, 6.07) is 0. The van der Waals surface area contributed by atoms with Gasteiger partial charge in [-0.3, -0.25) is 9.67 Å². The molecule has 140 valence electrons. The van der Waals surface area contributed by atoms with E-state index in [0.717, 1.165) is 31.5 Å². The van der Waals surface area contributed by atoms with E-state index in [-0.39, 0.29) is 0 Å². The molecule has 0 amide bonds. The van der Waals surface area contributed by atoms with E-state index < -0.39 is 0 Å². The topological polar surface area (TPSA) is 48.7 Å². The van der Waals surface area contributed by atoms with Crippen LogP contribution in [-0.2, 0) is 7.05 Å². The maximum absolute atomic E-state index is 4.53. The molecule has 0 aromatic carbocycles. The number of aryl methyl sites for hydroxylation is 1. The van der Waals surface area contributed by atoms with Crippen LogP contribution in [0.4, 0.5) is 0 Å². The van der Waals surface area contributed by atoms with E-state index in [0.29, 0.717) is 5.92 Å². The number of nitrogens with zero attached hydrogens (tertiary/aromatic N) is 5. The highest BCUT2D eigenvalue weighted by atomic mass is 15.3. The Bertz CT molecular complexity index is 558. The summed E-state index contributed by atoms with van der Waals surface area (Å²) in [4.78, 5) is 9.54. The van der Waals surface area contributed by atoms with Crippen LogP contribution in [0.15, 0.2) is 17.4 Å². The average molecular weight is 347 g/mol. The molecule has 2 fully saturated rings. The molecule has 2 aliphatic rings. The molecule has 0 radical (unpaired) electrons. The minimum absolute atomic E-state index is 0.574. The Hall–Kier alpha value is -1.56. The lowest BCUT2D eigenvalue weighted by Gasteiger charge is -2.32. The summed E-state index contributed by atoms with van der Waals surface area (Å²) < 4.78 is 1.90. The van der Waals surface area contributed by atoms with Gasteiger partial charge >= 0.3 is 0 Å². The van der Waals surface area contributed by atoms with Gasteiger partial charge in [-0.15, -0.1) is 0 Å². The molecule has 1 unspecified atom stereocenters. The molecule has 0 aliphatic carbocycles. The molecule has 6 heteroatoms. The predicted molar refractivity (Wildman–Crippen MR) is 103 cm³/mol. The summed E-state index contributed by atoms with van der Waals surface area (Å²) in [5.41, 5.74) is 1.35. The van der Waals surface area contributed by atoms with Crippen LogP contribution in [0.5, 0.6) is 0 Å². The molecule has 25 heavy (non-hydrogen) atoms. The second-order valence-electron chi connectivity index (χ2n) is 7.59. The van der Waals surface area contributed by atoms with Gasteiger partial charge in [0.1, 0.15) is 0 Å². The Morgan fingerprint density at radius 2 is 2.08 bits per heavy atom. The smallest absolute Gasteiger partial charge is 0.193 e. The van der Waals surface area contributed by atoms with Crippen molar-refractivity contribution in [3.05, 3.63) is 18.0 Å². The molecule has 1 aromatic rings. The lowest BCUT2D eigenvalue weighted by atomic mass is 9.97. The van der Waals surface area contributed by atoms with Crippen LogP contribution in [0.2, 0.25) is 0 Å². The monoisotopic (exact) mass is 346 g/mol. The van der Waals surface area contributed by atoms with Gasteiger partial charge < -0.3 is 15.1 Å². The quantitative estimate of drug-likeness (QED) is 0.654. The van der Waals surface area contributed by atoms with Crippen molar-refractivity contribution >= 4 is 5.96 Å². The zero-order chi connectivity index (χ0) is 17.6. The van der Waals surface area contributed by atoms with Gasteiger partial charge in [-0.2, -0.15) is 5.10 Å².